The number of aryl methyl sites for hydroxylation is 1. The van der Waals surface area contributed by atoms with Crippen LogP contribution >= 0.6 is 0 Å². The van der Waals surface area contributed by atoms with Gasteiger partial charge in [-0.05, 0) is 53.9 Å². The van der Waals surface area contributed by atoms with Crippen LogP contribution in [0.4, 0.5) is 17.3 Å². The Hall–Kier alpha value is -3.59. The topological polar surface area (TPSA) is 97.1 Å². The molecule has 0 fully saturated rings. The molecule has 124 valence electrons. The van der Waals surface area contributed by atoms with E-state index in [0.717, 1.165) is 17.7 Å². The maximum Gasteiger partial charge on any atom is 0.193 e. The summed E-state index contributed by atoms with van der Waals surface area (Å²) in [5, 5.41) is 28.8. The van der Waals surface area contributed by atoms with Gasteiger partial charge in [0.15, 0.2) is 5.82 Å². The number of aromatic hydroxyl groups is 1. The number of aromatic nitrogens is 2. The highest BCUT2D eigenvalue weighted by atomic mass is 16.3. The lowest BCUT2D eigenvalue weighted by atomic mass is 10.1. The molecule has 6 heteroatoms. The van der Waals surface area contributed by atoms with Crippen LogP contribution in [-0.4, -0.2) is 21.5 Å². The number of phenolic OH excluding ortho intramolecular Hbond substituents is 1. The number of hydrogen-bond acceptors (Lipinski definition) is 5. The summed E-state index contributed by atoms with van der Waals surface area (Å²) in [5.74, 6) is 1.00. The fourth-order valence-electron chi connectivity index (χ4n) is 2.29. The molecule has 0 atom stereocenters. The van der Waals surface area contributed by atoms with Crippen molar-refractivity contribution in [2.24, 2.45) is 4.99 Å². The van der Waals surface area contributed by atoms with Gasteiger partial charge in [-0.15, -0.1) is 0 Å². The van der Waals surface area contributed by atoms with Crippen LogP contribution in [0.2, 0.25) is 0 Å². The molecule has 0 aliphatic heterocycles. The van der Waals surface area contributed by atoms with Crippen molar-refractivity contribution in [3.63, 3.8) is 0 Å². The van der Waals surface area contributed by atoms with Crippen LogP contribution in [0.3, 0.4) is 0 Å². The second kappa shape index (κ2) is 7.32. The summed E-state index contributed by atoms with van der Waals surface area (Å²) in [6.07, 6.45) is 2.57. The summed E-state index contributed by atoms with van der Waals surface area (Å²) in [5.41, 5.74) is 3.25. The van der Waals surface area contributed by atoms with Gasteiger partial charge in [0.25, 0.3) is 0 Å². The van der Waals surface area contributed by atoms with Crippen molar-refractivity contribution in [3.8, 4) is 11.8 Å². The number of nitrogens with zero attached hydrogens (tertiary/aromatic N) is 3. The molecule has 0 unspecified atom stereocenters. The summed E-state index contributed by atoms with van der Waals surface area (Å²) >= 11 is 0. The first-order valence-corrected chi connectivity index (χ1v) is 7.87. The molecule has 0 aliphatic rings. The van der Waals surface area contributed by atoms with Gasteiger partial charge in [-0.1, -0.05) is 19.1 Å². The molecule has 0 saturated carbocycles. The lowest BCUT2D eigenvalue weighted by Crippen LogP contribution is -1.93. The van der Waals surface area contributed by atoms with E-state index in [1.807, 2.05) is 24.3 Å². The summed E-state index contributed by atoms with van der Waals surface area (Å²) in [7, 11) is 0. The summed E-state index contributed by atoms with van der Waals surface area (Å²) in [6.45, 7) is 2.10. The average Bonchev–Trinajstić information content (AvgIpc) is 3.03. The van der Waals surface area contributed by atoms with E-state index in [1.165, 1.54) is 5.56 Å². The molecule has 3 N–H and O–H groups in total. The third-order valence-corrected chi connectivity index (χ3v) is 3.72. The minimum atomic E-state index is 0.190. The number of nitriles is 1. The molecule has 2 aromatic carbocycles. The van der Waals surface area contributed by atoms with Gasteiger partial charge in [-0.25, -0.2) is 4.99 Å². The molecular formula is C19H17N5O. The quantitative estimate of drug-likeness (QED) is 0.615. The van der Waals surface area contributed by atoms with Crippen molar-refractivity contribution in [1.82, 2.24) is 10.2 Å². The molecule has 0 amide bonds. The number of hydrogen-bond donors (Lipinski definition) is 3. The number of aromatic amines is 1. The number of benzene rings is 2. The number of anilines is 2. The van der Waals surface area contributed by atoms with Gasteiger partial charge in [-0.2, -0.15) is 10.4 Å². The van der Waals surface area contributed by atoms with Gasteiger partial charge in [0.05, 0.1) is 0 Å². The second-order valence-electron chi connectivity index (χ2n) is 5.43. The number of phenols is 1. The Morgan fingerprint density at radius 2 is 1.92 bits per heavy atom. The summed E-state index contributed by atoms with van der Waals surface area (Å²) in [4.78, 5) is 4.26. The summed E-state index contributed by atoms with van der Waals surface area (Å²) in [6, 6.07) is 16.7. The second-order valence-corrected chi connectivity index (χ2v) is 5.43. The molecule has 0 bridgehead atoms. The minimum Gasteiger partial charge on any atom is -0.508 e. The fraction of sp³-hybridized carbons (Fsp3) is 0.105. The van der Waals surface area contributed by atoms with Gasteiger partial charge in [0.1, 0.15) is 23.2 Å². The highest BCUT2D eigenvalue weighted by Gasteiger charge is 2.12. The zero-order chi connectivity index (χ0) is 17.6. The first-order chi connectivity index (χ1) is 12.2. The van der Waals surface area contributed by atoms with E-state index < -0.39 is 0 Å². The van der Waals surface area contributed by atoms with Crippen LogP contribution in [0.1, 0.15) is 23.6 Å². The standard InChI is InChI=1S/C19H17N5O/c1-2-13-3-7-15(8-4-13)22-19-17(11-20)18(23-24-19)21-12-14-5-9-16(25)10-6-14/h3-10,12,25H,2H2,1H3,(H2,22,23,24). The number of nitrogens with one attached hydrogen (secondary N) is 2. The molecule has 25 heavy (non-hydrogen) atoms. The van der Waals surface area contributed by atoms with E-state index in [9.17, 15) is 10.4 Å². The Labute approximate surface area is 145 Å². The van der Waals surface area contributed by atoms with Crippen LogP contribution < -0.4 is 5.32 Å². The Bertz CT molecular complexity index is 918. The zero-order valence-corrected chi connectivity index (χ0v) is 13.7. The SMILES string of the molecule is CCc1ccc(Nc2[nH]nc(N=Cc3ccc(O)cc3)c2C#N)cc1. The molecule has 1 aromatic heterocycles. The maximum atomic E-state index is 9.42. The third-order valence-electron chi connectivity index (χ3n) is 3.72. The Morgan fingerprint density at radius 1 is 1.20 bits per heavy atom. The van der Waals surface area contributed by atoms with E-state index in [4.69, 9.17) is 0 Å². The first kappa shape index (κ1) is 16.3. The highest BCUT2D eigenvalue weighted by molar-refractivity contribution is 5.83. The normalized spacial score (nSPS) is 10.7. The van der Waals surface area contributed by atoms with Crippen molar-refractivity contribution in [3.05, 3.63) is 65.2 Å². The average molecular weight is 331 g/mol. The van der Waals surface area contributed by atoms with E-state index in [-0.39, 0.29) is 5.75 Å². The maximum absolute atomic E-state index is 9.42. The molecule has 6 nitrogen and oxygen atoms in total. The van der Waals surface area contributed by atoms with Crippen LogP contribution in [0.15, 0.2) is 53.5 Å². The Kier molecular flexibility index (Phi) is 4.77. The van der Waals surface area contributed by atoms with E-state index in [2.05, 4.69) is 33.5 Å². The highest BCUT2D eigenvalue weighted by Crippen LogP contribution is 2.26. The van der Waals surface area contributed by atoms with E-state index in [1.54, 1.807) is 30.5 Å². The van der Waals surface area contributed by atoms with Crippen molar-refractivity contribution in [1.29, 1.82) is 5.26 Å². The zero-order valence-electron chi connectivity index (χ0n) is 13.7. The third kappa shape index (κ3) is 3.85. The molecule has 1 heterocycles. The van der Waals surface area contributed by atoms with E-state index in [0.29, 0.717) is 17.2 Å². The number of rotatable bonds is 5. The Morgan fingerprint density at radius 3 is 2.56 bits per heavy atom. The van der Waals surface area contributed by atoms with Crippen LogP contribution in [0, 0.1) is 11.3 Å². The van der Waals surface area contributed by atoms with Gasteiger partial charge in [0.2, 0.25) is 0 Å². The predicted octanol–water partition coefficient (Wildman–Crippen LogP) is 4.04. The van der Waals surface area contributed by atoms with E-state index >= 15 is 0 Å². The van der Waals surface area contributed by atoms with Crippen molar-refractivity contribution >= 4 is 23.5 Å². The molecule has 3 aromatic rings. The van der Waals surface area contributed by atoms with Crippen LogP contribution in [0.5, 0.6) is 5.75 Å². The van der Waals surface area contributed by atoms with Gasteiger partial charge >= 0.3 is 0 Å². The number of H-pyrrole nitrogens is 1. The Balaban J connectivity index is 1.80. The van der Waals surface area contributed by atoms with Gasteiger partial charge in [-0.3, -0.25) is 5.10 Å². The molecule has 0 spiro atoms. The number of aliphatic imine (C=N–C) groups is 1. The molecule has 3 rings (SSSR count). The molecule has 0 aliphatic carbocycles. The van der Waals surface area contributed by atoms with Crippen LogP contribution in [0.25, 0.3) is 0 Å². The first-order valence-electron chi connectivity index (χ1n) is 7.87. The van der Waals surface area contributed by atoms with Gasteiger partial charge < -0.3 is 10.4 Å². The summed E-state index contributed by atoms with van der Waals surface area (Å²) < 4.78 is 0. The largest absolute Gasteiger partial charge is 0.508 e. The monoisotopic (exact) mass is 331 g/mol. The lowest BCUT2D eigenvalue weighted by Gasteiger charge is -2.04. The van der Waals surface area contributed by atoms with Crippen LogP contribution in [-0.2, 0) is 6.42 Å². The predicted molar refractivity (Wildman–Crippen MR) is 97.8 cm³/mol. The molecule has 0 saturated heterocycles. The molecular weight excluding hydrogens is 314 g/mol. The van der Waals surface area contributed by atoms with Crippen molar-refractivity contribution in [2.45, 2.75) is 13.3 Å². The lowest BCUT2D eigenvalue weighted by molar-refractivity contribution is 0.475. The van der Waals surface area contributed by atoms with Crippen molar-refractivity contribution < 1.29 is 5.11 Å². The van der Waals surface area contributed by atoms with Crippen molar-refractivity contribution in [2.75, 3.05) is 5.32 Å². The molecule has 0 radical (unpaired) electrons. The fourth-order valence-corrected chi connectivity index (χ4v) is 2.29. The minimum absolute atomic E-state index is 0.190. The van der Waals surface area contributed by atoms with Gasteiger partial charge in [0, 0.05) is 11.9 Å². The smallest absolute Gasteiger partial charge is 0.193 e.